The van der Waals surface area contributed by atoms with Gasteiger partial charge in [0.15, 0.2) is 0 Å². The molecule has 0 amide bonds. The van der Waals surface area contributed by atoms with Gasteiger partial charge in [-0.2, -0.15) is 0 Å². The molecule has 2 fully saturated rings. The largest absolute Gasteiger partial charge is 0.368 e. The molecule has 0 bridgehead atoms. The fourth-order valence-electron chi connectivity index (χ4n) is 2.48. The van der Waals surface area contributed by atoms with Crippen molar-refractivity contribution in [1.82, 2.24) is 0 Å². The Bertz CT molecular complexity index is 498. The van der Waals surface area contributed by atoms with Crippen LogP contribution in [0.15, 0.2) is 18.2 Å². The van der Waals surface area contributed by atoms with Gasteiger partial charge in [0, 0.05) is 35.7 Å². The third-order valence-electron chi connectivity index (χ3n) is 3.87. The molecule has 0 radical (unpaired) electrons. The Balaban J connectivity index is 1.89. The number of anilines is 1. The fraction of sp³-hybridized carbons (Fsp3) is 0.571. The Morgan fingerprint density at radius 3 is 2.58 bits per heavy atom. The quantitative estimate of drug-likeness (QED) is 0.453. The van der Waals surface area contributed by atoms with Crippen LogP contribution in [0.4, 0.5) is 11.4 Å². The summed E-state index contributed by atoms with van der Waals surface area (Å²) in [6.45, 7) is 1.11. The van der Waals surface area contributed by atoms with E-state index in [4.69, 9.17) is 0 Å². The number of nitrogens with zero attached hydrogens (tertiary/aromatic N) is 2. The normalized spacial score (nSPS) is 18.4. The molecule has 0 aliphatic heterocycles. The van der Waals surface area contributed by atoms with Gasteiger partial charge in [0.25, 0.3) is 5.69 Å². The molecule has 2 saturated carbocycles. The van der Waals surface area contributed by atoms with Crippen molar-refractivity contribution < 1.29 is 4.92 Å². The van der Waals surface area contributed by atoms with Crippen molar-refractivity contribution >= 4 is 27.3 Å². The van der Waals surface area contributed by atoms with Crippen LogP contribution in [0.1, 0.15) is 31.2 Å². The molecule has 102 valence electrons. The second-order valence-corrected chi connectivity index (χ2v) is 6.09. The summed E-state index contributed by atoms with van der Waals surface area (Å²) in [4.78, 5) is 13.0. The number of non-ortho nitro benzene ring substituents is 1. The standard InChI is InChI=1S/C14H17BrN2O2/c15-8-11-7-13(17(18)19)5-6-14(11)16(12-3-4-12)9-10-1-2-10/h5-7,10,12H,1-4,8-9H2. The van der Waals surface area contributed by atoms with Crippen molar-refractivity contribution in [2.75, 3.05) is 11.4 Å². The molecule has 0 heterocycles. The first-order valence-corrected chi connectivity index (χ1v) is 7.91. The number of rotatable bonds is 6. The number of halogens is 1. The van der Waals surface area contributed by atoms with Crippen LogP contribution in [-0.4, -0.2) is 17.5 Å². The van der Waals surface area contributed by atoms with Gasteiger partial charge in [-0.1, -0.05) is 15.9 Å². The molecule has 2 aliphatic carbocycles. The average molecular weight is 325 g/mol. The molecule has 0 unspecified atom stereocenters. The lowest BCUT2D eigenvalue weighted by atomic mass is 10.1. The Hall–Kier alpha value is -1.10. The molecule has 0 spiro atoms. The van der Waals surface area contributed by atoms with Crippen molar-refractivity contribution in [1.29, 1.82) is 0 Å². The Morgan fingerprint density at radius 1 is 1.32 bits per heavy atom. The van der Waals surface area contributed by atoms with E-state index in [0.717, 1.165) is 18.0 Å². The fourth-order valence-corrected chi connectivity index (χ4v) is 2.93. The lowest BCUT2D eigenvalue weighted by Crippen LogP contribution is -2.28. The van der Waals surface area contributed by atoms with E-state index in [1.165, 1.54) is 31.4 Å². The summed E-state index contributed by atoms with van der Waals surface area (Å²) in [5.41, 5.74) is 2.39. The van der Waals surface area contributed by atoms with Gasteiger partial charge >= 0.3 is 0 Å². The van der Waals surface area contributed by atoms with Gasteiger partial charge in [0.05, 0.1) is 4.92 Å². The average Bonchev–Trinajstić information content (AvgIpc) is 3.27. The number of alkyl halides is 1. The maximum absolute atomic E-state index is 10.9. The summed E-state index contributed by atoms with van der Waals surface area (Å²) >= 11 is 3.46. The molecule has 1 aromatic carbocycles. The van der Waals surface area contributed by atoms with Crippen molar-refractivity contribution in [2.24, 2.45) is 5.92 Å². The molecule has 3 rings (SSSR count). The van der Waals surface area contributed by atoms with Gasteiger partial charge in [-0.05, 0) is 43.2 Å². The predicted molar refractivity (Wildman–Crippen MR) is 78.8 cm³/mol. The van der Waals surface area contributed by atoms with Crippen LogP contribution in [-0.2, 0) is 5.33 Å². The highest BCUT2D eigenvalue weighted by atomic mass is 79.9. The van der Waals surface area contributed by atoms with Crippen LogP contribution in [0.25, 0.3) is 0 Å². The molecule has 5 heteroatoms. The van der Waals surface area contributed by atoms with E-state index in [1.807, 2.05) is 6.07 Å². The zero-order valence-electron chi connectivity index (χ0n) is 10.7. The summed E-state index contributed by atoms with van der Waals surface area (Å²) < 4.78 is 0. The number of hydrogen-bond acceptors (Lipinski definition) is 3. The second-order valence-electron chi connectivity index (χ2n) is 5.53. The van der Waals surface area contributed by atoms with Crippen LogP contribution in [0.2, 0.25) is 0 Å². The van der Waals surface area contributed by atoms with Crippen molar-refractivity contribution in [3.05, 3.63) is 33.9 Å². The minimum absolute atomic E-state index is 0.181. The van der Waals surface area contributed by atoms with Crippen LogP contribution in [0.3, 0.4) is 0 Å². The Morgan fingerprint density at radius 2 is 2.05 bits per heavy atom. The van der Waals surface area contributed by atoms with E-state index in [2.05, 4.69) is 20.8 Å². The van der Waals surface area contributed by atoms with Gasteiger partial charge in [0.1, 0.15) is 0 Å². The third-order valence-corrected chi connectivity index (χ3v) is 4.47. The van der Waals surface area contributed by atoms with Gasteiger partial charge in [0.2, 0.25) is 0 Å². The number of benzene rings is 1. The van der Waals surface area contributed by atoms with Gasteiger partial charge in [-0.3, -0.25) is 10.1 Å². The van der Waals surface area contributed by atoms with Gasteiger partial charge in [-0.15, -0.1) is 0 Å². The van der Waals surface area contributed by atoms with Gasteiger partial charge in [-0.25, -0.2) is 0 Å². The summed E-state index contributed by atoms with van der Waals surface area (Å²) in [7, 11) is 0. The summed E-state index contributed by atoms with van der Waals surface area (Å²) in [5, 5.41) is 11.5. The summed E-state index contributed by atoms with van der Waals surface area (Å²) in [6, 6.07) is 5.91. The smallest absolute Gasteiger partial charge is 0.269 e. The minimum atomic E-state index is -0.321. The van der Waals surface area contributed by atoms with Gasteiger partial charge < -0.3 is 4.90 Å². The number of nitro groups is 1. The van der Waals surface area contributed by atoms with Crippen LogP contribution in [0, 0.1) is 16.0 Å². The first kappa shape index (κ1) is 12.9. The van der Waals surface area contributed by atoms with E-state index >= 15 is 0 Å². The highest BCUT2D eigenvalue weighted by molar-refractivity contribution is 9.08. The van der Waals surface area contributed by atoms with E-state index in [9.17, 15) is 10.1 Å². The van der Waals surface area contributed by atoms with Crippen molar-refractivity contribution in [2.45, 2.75) is 37.1 Å². The van der Waals surface area contributed by atoms with E-state index < -0.39 is 0 Å². The minimum Gasteiger partial charge on any atom is -0.368 e. The van der Waals surface area contributed by atoms with Crippen LogP contribution in [0.5, 0.6) is 0 Å². The maximum Gasteiger partial charge on any atom is 0.269 e. The third kappa shape index (κ3) is 2.91. The van der Waals surface area contributed by atoms with E-state index in [1.54, 1.807) is 12.1 Å². The lowest BCUT2D eigenvalue weighted by Gasteiger charge is -2.26. The Kier molecular flexibility index (Phi) is 3.48. The topological polar surface area (TPSA) is 46.4 Å². The second kappa shape index (κ2) is 5.12. The Labute approximate surface area is 121 Å². The lowest BCUT2D eigenvalue weighted by molar-refractivity contribution is -0.384. The maximum atomic E-state index is 10.9. The zero-order valence-corrected chi connectivity index (χ0v) is 12.3. The highest BCUT2D eigenvalue weighted by Gasteiger charge is 2.34. The number of hydrogen-bond donors (Lipinski definition) is 0. The van der Waals surface area contributed by atoms with E-state index in [-0.39, 0.29) is 10.6 Å². The highest BCUT2D eigenvalue weighted by Crippen LogP contribution is 2.40. The molecular formula is C14H17BrN2O2. The number of nitro benzene ring substituents is 1. The van der Waals surface area contributed by atoms with E-state index in [0.29, 0.717) is 11.4 Å². The van der Waals surface area contributed by atoms with Crippen molar-refractivity contribution in [3.63, 3.8) is 0 Å². The molecule has 0 atom stereocenters. The zero-order chi connectivity index (χ0) is 13.4. The van der Waals surface area contributed by atoms with Crippen LogP contribution >= 0.6 is 15.9 Å². The SMILES string of the molecule is O=[N+]([O-])c1ccc(N(CC2CC2)C2CC2)c(CBr)c1. The summed E-state index contributed by atoms with van der Waals surface area (Å²) in [6.07, 6.45) is 5.18. The summed E-state index contributed by atoms with van der Waals surface area (Å²) in [5.74, 6) is 0.832. The molecular weight excluding hydrogens is 308 g/mol. The molecule has 0 aromatic heterocycles. The van der Waals surface area contributed by atoms with Crippen molar-refractivity contribution in [3.8, 4) is 0 Å². The molecule has 0 saturated heterocycles. The molecule has 2 aliphatic rings. The van der Waals surface area contributed by atoms with Crippen LogP contribution < -0.4 is 4.90 Å². The molecule has 1 aromatic rings. The molecule has 0 N–H and O–H groups in total. The predicted octanol–water partition coefficient (Wildman–Crippen LogP) is 3.87. The first-order chi connectivity index (χ1) is 9.19. The first-order valence-electron chi connectivity index (χ1n) is 6.79. The monoisotopic (exact) mass is 324 g/mol. The molecule has 19 heavy (non-hydrogen) atoms. The molecule has 4 nitrogen and oxygen atoms in total.